The van der Waals surface area contributed by atoms with E-state index in [1.165, 1.54) is 50.2 Å². The van der Waals surface area contributed by atoms with Crippen molar-refractivity contribution in [3.63, 3.8) is 0 Å². The number of benzene rings is 2. The number of hydrogen-bond acceptors (Lipinski definition) is 4. The number of anilines is 1. The second-order valence-corrected chi connectivity index (χ2v) is 10.4. The Morgan fingerprint density at radius 1 is 1.16 bits per heavy atom. The number of methoxy groups -OCH3 is 2. The zero-order valence-corrected chi connectivity index (χ0v) is 22.4. The molecule has 8 heteroatoms. The third-order valence-electron chi connectivity index (χ3n) is 7.64. The smallest absolute Gasteiger partial charge is 0.339 e. The standard InChI is InChI=1S/C29H35ClN2O5/c1-29(21-10-9-20(25(30)16-21)15-19-7-5-4-6-8-19)22(13-14-36-2)18-32(28(35)31-29)23-11-12-24(27(33)34)26(17-23)37-3/h9-12,16-19H,4-8,13-15H2,1-3H3,(H,31,35)(H,33,34)/t29-/m0/s1. The molecule has 37 heavy (non-hydrogen) atoms. The summed E-state index contributed by atoms with van der Waals surface area (Å²) in [5.74, 6) is -0.241. The molecule has 198 valence electrons. The first-order valence-corrected chi connectivity index (χ1v) is 13.2. The monoisotopic (exact) mass is 526 g/mol. The van der Waals surface area contributed by atoms with Gasteiger partial charge >= 0.3 is 12.0 Å². The Balaban J connectivity index is 1.67. The van der Waals surface area contributed by atoms with E-state index in [0.717, 1.165) is 28.1 Å². The fourth-order valence-corrected chi connectivity index (χ4v) is 5.66. The average Bonchev–Trinajstić information content (AvgIpc) is 2.89. The molecule has 1 atom stereocenters. The van der Waals surface area contributed by atoms with Crippen LogP contribution in [-0.2, 0) is 16.7 Å². The van der Waals surface area contributed by atoms with Gasteiger partial charge in [-0.3, -0.25) is 4.90 Å². The summed E-state index contributed by atoms with van der Waals surface area (Å²) in [4.78, 5) is 26.4. The topological polar surface area (TPSA) is 88.1 Å². The molecule has 2 N–H and O–H groups in total. The van der Waals surface area contributed by atoms with E-state index >= 15 is 0 Å². The zero-order valence-electron chi connectivity index (χ0n) is 21.7. The first-order chi connectivity index (χ1) is 17.8. The van der Waals surface area contributed by atoms with Crippen LogP contribution < -0.4 is 15.0 Å². The van der Waals surface area contributed by atoms with E-state index in [0.29, 0.717) is 24.6 Å². The Morgan fingerprint density at radius 2 is 1.92 bits per heavy atom. The number of carbonyl (C=O) groups is 2. The van der Waals surface area contributed by atoms with Crippen molar-refractivity contribution in [2.45, 2.75) is 57.4 Å². The number of hydrogen-bond donors (Lipinski definition) is 2. The molecule has 2 amide bonds. The number of carbonyl (C=O) groups excluding carboxylic acids is 1. The Kier molecular flexibility index (Phi) is 8.45. The van der Waals surface area contributed by atoms with E-state index in [9.17, 15) is 14.7 Å². The predicted octanol–water partition coefficient (Wildman–Crippen LogP) is 6.54. The summed E-state index contributed by atoms with van der Waals surface area (Å²) >= 11 is 6.79. The van der Waals surface area contributed by atoms with Gasteiger partial charge in [0.1, 0.15) is 11.3 Å². The molecule has 0 spiro atoms. The van der Waals surface area contributed by atoms with E-state index in [1.54, 1.807) is 25.4 Å². The minimum atomic E-state index is -1.10. The van der Waals surface area contributed by atoms with Gasteiger partial charge in [0.25, 0.3) is 0 Å². The lowest BCUT2D eigenvalue weighted by Crippen LogP contribution is -2.54. The van der Waals surface area contributed by atoms with Crippen molar-refractivity contribution in [1.29, 1.82) is 0 Å². The van der Waals surface area contributed by atoms with E-state index in [2.05, 4.69) is 17.4 Å². The molecule has 1 aliphatic heterocycles. The summed E-state index contributed by atoms with van der Waals surface area (Å²) in [6.45, 7) is 2.45. The quantitative estimate of drug-likeness (QED) is 0.387. The molecule has 2 aromatic carbocycles. The number of nitrogens with one attached hydrogen (secondary N) is 1. The fraction of sp³-hybridized carbons (Fsp3) is 0.448. The minimum Gasteiger partial charge on any atom is -0.496 e. The van der Waals surface area contributed by atoms with Gasteiger partial charge in [-0.25, -0.2) is 9.59 Å². The van der Waals surface area contributed by atoms with Crippen molar-refractivity contribution in [3.8, 4) is 5.75 Å². The van der Waals surface area contributed by atoms with Gasteiger partial charge in [-0.1, -0.05) is 55.8 Å². The van der Waals surface area contributed by atoms with Crippen molar-refractivity contribution in [1.82, 2.24) is 5.32 Å². The van der Waals surface area contributed by atoms with Gasteiger partial charge in [-0.05, 0) is 60.6 Å². The highest BCUT2D eigenvalue weighted by Crippen LogP contribution is 2.39. The van der Waals surface area contributed by atoms with Crippen molar-refractivity contribution >= 4 is 29.3 Å². The maximum atomic E-state index is 13.4. The predicted molar refractivity (Wildman–Crippen MR) is 145 cm³/mol. The van der Waals surface area contributed by atoms with E-state index in [1.807, 2.05) is 13.0 Å². The molecule has 0 radical (unpaired) electrons. The lowest BCUT2D eigenvalue weighted by molar-refractivity contribution is 0.0693. The molecule has 7 nitrogen and oxygen atoms in total. The highest BCUT2D eigenvalue weighted by atomic mass is 35.5. The van der Waals surface area contributed by atoms with Gasteiger partial charge in [-0.15, -0.1) is 0 Å². The first-order valence-electron chi connectivity index (χ1n) is 12.8. The number of urea groups is 1. The van der Waals surface area contributed by atoms with Crippen molar-refractivity contribution in [2.75, 3.05) is 25.7 Å². The lowest BCUT2D eigenvalue weighted by Gasteiger charge is -2.41. The minimum absolute atomic E-state index is 0.0278. The molecule has 1 heterocycles. The van der Waals surface area contributed by atoms with Crippen molar-refractivity contribution in [2.24, 2.45) is 5.92 Å². The third kappa shape index (κ3) is 5.78. The lowest BCUT2D eigenvalue weighted by atomic mass is 9.80. The van der Waals surface area contributed by atoms with Gasteiger partial charge in [0, 0.05) is 24.4 Å². The average molecular weight is 527 g/mol. The molecule has 4 rings (SSSR count). The SMILES string of the molecule is COCCC1=CN(c2ccc(C(=O)O)c(OC)c2)C(=O)N[C@@]1(C)c1ccc(CC2CCCCC2)c(Cl)c1. The van der Waals surface area contributed by atoms with Crippen molar-refractivity contribution < 1.29 is 24.2 Å². The summed E-state index contributed by atoms with van der Waals surface area (Å²) in [6, 6.07) is 10.4. The Bertz CT molecular complexity index is 1190. The number of amides is 2. The van der Waals surface area contributed by atoms with Crippen LogP contribution in [0.25, 0.3) is 0 Å². The van der Waals surface area contributed by atoms with Crippen LogP contribution in [0.15, 0.2) is 48.2 Å². The highest BCUT2D eigenvalue weighted by Gasteiger charge is 2.39. The Hall–Kier alpha value is -3.03. The van der Waals surface area contributed by atoms with Gasteiger partial charge in [0.2, 0.25) is 0 Å². The Morgan fingerprint density at radius 3 is 2.57 bits per heavy atom. The normalized spacial score (nSPS) is 20.4. The number of nitrogens with zero attached hydrogens (tertiary/aromatic N) is 1. The number of halogens is 1. The molecule has 2 aromatic rings. The van der Waals surface area contributed by atoms with Crippen LogP contribution in [0.2, 0.25) is 5.02 Å². The summed E-state index contributed by atoms with van der Waals surface area (Å²) in [7, 11) is 3.05. The maximum absolute atomic E-state index is 13.4. The van der Waals surface area contributed by atoms with Gasteiger partial charge in [-0.2, -0.15) is 0 Å². The summed E-state index contributed by atoms with van der Waals surface area (Å²) in [6.07, 6.45) is 9.78. The largest absolute Gasteiger partial charge is 0.496 e. The van der Waals surface area contributed by atoms with Crippen LogP contribution in [-0.4, -0.2) is 37.9 Å². The molecule has 0 aromatic heterocycles. The van der Waals surface area contributed by atoms with Crippen molar-refractivity contribution in [3.05, 3.63) is 69.9 Å². The van der Waals surface area contributed by atoms with Gasteiger partial charge in [0.15, 0.2) is 0 Å². The zero-order chi connectivity index (χ0) is 26.6. The number of rotatable bonds is 9. The summed E-state index contributed by atoms with van der Waals surface area (Å²) < 4.78 is 10.6. The second-order valence-electron chi connectivity index (χ2n) is 10.0. The molecule has 1 saturated carbocycles. The molecule has 0 bridgehead atoms. The van der Waals surface area contributed by atoms with Gasteiger partial charge < -0.3 is 19.9 Å². The molecule has 1 fully saturated rings. The van der Waals surface area contributed by atoms with Gasteiger partial charge in [0.05, 0.1) is 24.9 Å². The van der Waals surface area contributed by atoms with Crippen LogP contribution in [0.5, 0.6) is 5.75 Å². The maximum Gasteiger partial charge on any atom is 0.339 e. The van der Waals surface area contributed by atoms with Crippen LogP contribution in [0.1, 0.15) is 66.9 Å². The second kappa shape index (κ2) is 11.6. The van der Waals surface area contributed by atoms with E-state index in [4.69, 9.17) is 21.1 Å². The molecule has 1 aliphatic carbocycles. The van der Waals surface area contributed by atoms with Crippen LogP contribution in [0.3, 0.4) is 0 Å². The Labute approximate surface area is 223 Å². The van der Waals surface area contributed by atoms with Crippen LogP contribution in [0.4, 0.5) is 10.5 Å². The third-order valence-corrected chi connectivity index (χ3v) is 7.99. The first kappa shape index (κ1) is 27.0. The van der Waals surface area contributed by atoms with Crippen LogP contribution in [0, 0.1) is 5.92 Å². The summed E-state index contributed by atoms with van der Waals surface area (Å²) in [5.41, 5.74) is 2.73. The number of ether oxygens (including phenoxy) is 2. The molecule has 2 aliphatic rings. The van der Waals surface area contributed by atoms with E-state index < -0.39 is 11.5 Å². The number of carboxylic acids is 1. The molecule has 0 unspecified atom stereocenters. The van der Waals surface area contributed by atoms with Crippen LogP contribution >= 0.6 is 11.6 Å². The fourth-order valence-electron chi connectivity index (χ4n) is 5.41. The molecular weight excluding hydrogens is 492 g/mol. The number of aromatic carboxylic acids is 1. The highest BCUT2D eigenvalue weighted by molar-refractivity contribution is 6.31. The molecular formula is C29H35ClN2O5. The van der Waals surface area contributed by atoms with E-state index in [-0.39, 0.29) is 17.3 Å². The summed E-state index contributed by atoms with van der Waals surface area (Å²) in [5, 5.41) is 13.3. The number of carboxylic acid groups (broad SMARTS) is 1. The molecule has 0 saturated heterocycles.